The fourth-order valence-electron chi connectivity index (χ4n) is 3.59. The number of hydrogen-bond donors (Lipinski definition) is 2. The first-order chi connectivity index (χ1) is 15.0. The molecule has 8 nitrogen and oxygen atoms in total. The molecule has 1 atom stereocenters. The number of fused-ring (bicyclic) bond motifs is 1. The van der Waals surface area contributed by atoms with Gasteiger partial charge in [0.2, 0.25) is 10.0 Å². The summed E-state index contributed by atoms with van der Waals surface area (Å²) in [5.74, 6) is -0.106. The largest absolute Gasteiger partial charge is 0.506 e. The van der Waals surface area contributed by atoms with E-state index in [-0.39, 0.29) is 23.0 Å². The van der Waals surface area contributed by atoms with Crippen LogP contribution in [-0.4, -0.2) is 40.3 Å². The molecule has 1 aliphatic rings. The van der Waals surface area contributed by atoms with Crippen molar-refractivity contribution in [1.82, 2.24) is 19.3 Å². The van der Waals surface area contributed by atoms with Crippen molar-refractivity contribution in [3.63, 3.8) is 0 Å². The first-order valence-electron chi connectivity index (χ1n) is 9.71. The van der Waals surface area contributed by atoms with Crippen LogP contribution < -0.4 is 4.72 Å². The molecule has 0 spiro atoms. The van der Waals surface area contributed by atoms with E-state index in [0.717, 1.165) is 31.5 Å². The summed E-state index contributed by atoms with van der Waals surface area (Å²) in [5.41, 5.74) is 1.42. The van der Waals surface area contributed by atoms with Crippen molar-refractivity contribution in [1.29, 1.82) is 5.26 Å². The van der Waals surface area contributed by atoms with Crippen LogP contribution in [0.15, 0.2) is 35.5 Å². The number of nitrogens with zero attached hydrogens (tertiary/aromatic N) is 4. The van der Waals surface area contributed by atoms with Gasteiger partial charge in [0, 0.05) is 17.6 Å². The summed E-state index contributed by atoms with van der Waals surface area (Å²) in [6, 6.07) is 3.82. The predicted octanol–water partition coefficient (Wildman–Crippen LogP) is 3.63. The van der Waals surface area contributed by atoms with Gasteiger partial charge in [-0.2, -0.15) is 23.2 Å². The number of sulfonamides is 1. The van der Waals surface area contributed by atoms with Crippen molar-refractivity contribution >= 4 is 21.1 Å². The van der Waals surface area contributed by atoms with Crippen molar-refractivity contribution in [3.8, 4) is 23.2 Å². The molecule has 0 radical (unpaired) electrons. The minimum absolute atomic E-state index is 0.0613. The van der Waals surface area contributed by atoms with Crippen LogP contribution in [0.5, 0.6) is 5.75 Å². The highest BCUT2D eigenvalue weighted by Gasteiger charge is 2.39. The monoisotopic (exact) mass is 465 g/mol. The number of halogens is 3. The van der Waals surface area contributed by atoms with Gasteiger partial charge in [-0.3, -0.25) is 4.98 Å². The van der Waals surface area contributed by atoms with Crippen LogP contribution in [0.25, 0.3) is 22.4 Å². The summed E-state index contributed by atoms with van der Waals surface area (Å²) in [5, 5.41) is 20.1. The third-order valence-electron chi connectivity index (χ3n) is 5.49. The maximum Gasteiger partial charge on any atom is 0.404 e. The summed E-state index contributed by atoms with van der Waals surface area (Å²) < 4.78 is 66.3. The zero-order valence-electron chi connectivity index (χ0n) is 16.8. The summed E-state index contributed by atoms with van der Waals surface area (Å²) in [6.45, 7) is 0.706. The van der Waals surface area contributed by atoms with E-state index in [1.54, 1.807) is 4.72 Å². The van der Waals surface area contributed by atoms with Crippen molar-refractivity contribution in [2.75, 3.05) is 0 Å². The number of alkyl halides is 3. The Morgan fingerprint density at radius 1 is 1.28 bits per heavy atom. The molecular weight excluding hydrogens is 447 g/mol. The minimum Gasteiger partial charge on any atom is -0.506 e. The number of hydrogen-bond acceptors (Lipinski definition) is 6. The molecule has 0 aromatic carbocycles. The zero-order valence-corrected chi connectivity index (χ0v) is 17.6. The second kappa shape index (κ2) is 7.75. The first kappa shape index (κ1) is 22.0. The Labute approximate surface area is 181 Å². The Morgan fingerprint density at radius 3 is 2.53 bits per heavy atom. The summed E-state index contributed by atoms with van der Waals surface area (Å²) in [6.07, 6.45) is 0.211. The molecule has 0 saturated heterocycles. The van der Waals surface area contributed by atoms with E-state index in [0.29, 0.717) is 23.7 Å². The first-order valence-corrected chi connectivity index (χ1v) is 11.2. The van der Waals surface area contributed by atoms with E-state index >= 15 is 0 Å². The standard InChI is InChI=1S/C20H18F3N5O3S/c1-11(20(21,22)23)27-32(30,31)14-5-6-17(25-10-14)18-16(8-24)15-7-13(29)9-26-19(15)28(18)12-3-2-4-12/h5-7,9-12,27,29H,2-4H2,1H3/t11-/m0/s1. The van der Waals surface area contributed by atoms with Gasteiger partial charge in [0.15, 0.2) is 0 Å². The molecule has 12 heteroatoms. The number of aromatic nitrogens is 3. The van der Waals surface area contributed by atoms with E-state index in [1.807, 2.05) is 4.57 Å². The zero-order chi connectivity index (χ0) is 23.3. The molecule has 0 unspecified atom stereocenters. The molecular formula is C20H18F3N5O3S. The normalized spacial score (nSPS) is 16.0. The van der Waals surface area contributed by atoms with Crippen LogP contribution >= 0.6 is 0 Å². The van der Waals surface area contributed by atoms with E-state index in [9.17, 15) is 32.0 Å². The highest BCUT2D eigenvalue weighted by molar-refractivity contribution is 7.89. The SMILES string of the molecule is C[C@H](NS(=O)(=O)c1ccc(-c2c(C#N)c3cc(O)cnc3n2C2CCC2)nc1)C(F)(F)F. The van der Waals surface area contributed by atoms with Gasteiger partial charge in [0.25, 0.3) is 0 Å². The maximum absolute atomic E-state index is 12.8. The lowest BCUT2D eigenvalue weighted by molar-refractivity contribution is -0.147. The van der Waals surface area contributed by atoms with Gasteiger partial charge < -0.3 is 9.67 Å². The third-order valence-corrected chi connectivity index (χ3v) is 7.02. The highest BCUT2D eigenvalue weighted by Crippen LogP contribution is 2.42. The number of nitriles is 1. The Balaban J connectivity index is 1.80. The average Bonchev–Trinajstić information content (AvgIpc) is 2.99. The Morgan fingerprint density at radius 2 is 2.00 bits per heavy atom. The maximum atomic E-state index is 12.8. The number of aromatic hydroxyl groups is 1. The Bertz CT molecular complexity index is 1320. The fraction of sp³-hybridized carbons (Fsp3) is 0.350. The summed E-state index contributed by atoms with van der Waals surface area (Å²) >= 11 is 0. The van der Waals surface area contributed by atoms with Crippen LogP contribution in [0.2, 0.25) is 0 Å². The van der Waals surface area contributed by atoms with Crippen LogP contribution in [0.1, 0.15) is 37.8 Å². The molecule has 3 heterocycles. The second-order valence-electron chi connectivity index (χ2n) is 7.62. The summed E-state index contributed by atoms with van der Waals surface area (Å²) in [7, 11) is -4.46. The van der Waals surface area contributed by atoms with Gasteiger partial charge in [-0.05, 0) is 44.4 Å². The van der Waals surface area contributed by atoms with Crippen molar-refractivity contribution in [3.05, 3.63) is 36.2 Å². The van der Waals surface area contributed by atoms with Crippen molar-refractivity contribution in [2.45, 2.75) is 49.3 Å². The molecule has 1 aliphatic carbocycles. The van der Waals surface area contributed by atoms with Crippen LogP contribution in [0.3, 0.4) is 0 Å². The molecule has 1 fully saturated rings. The molecule has 2 N–H and O–H groups in total. The molecule has 1 saturated carbocycles. The van der Waals surface area contributed by atoms with Crippen molar-refractivity contribution < 1.29 is 26.7 Å². The number of rotatable bonds is 5. The van der Waals surface area contributed by atoms with Gasteiger partial charge in [0.1, 0.15) is 28.4 Å². The average molecular weight is 465 g/mol. The van der Waals surface area contributed by atoms with Gasteiger partial charge in [-0.15, -0.1) is 0 Å². The van der Waals surface area contributed by atoms with Crippen LogP contribution in [-0.2, 0) is 10.0 Å². The van der Waals surface area contributed by atoms with Crippen LogP contribution in [0, 0.1) is 11.3 Å². The lowest BCUT2D eigenvalue weighted by Crippen LogP contribution is -2.42. The lowest BCUT2D eigenvalue weighted by atomic mass is 9.92. The molecule has 4 rings (SSSR count). The summed E-state index contributed by atoms with van der Waals surface area (Å²) in [4.78, 5) is 7.99. The third kappa shape index (κ3) is 3.78. The van der Waals surface area contributed by atoms with E-state index in [1.165, 1.54) is 18.3 Å². The fourth-order valence-corrected chi connectivity index (χ4v) is 4.76. The predicted molar refractivity (Wildman–Crippen MR) is 108 cm³/mol. The smallest absolute Gasteiger partial charge is 0.404 e. The molecule has 0 amide bonds. The van der Waals surface area contributed by atoms with Gasteiger partial charge in [-0.25, -0.2) is 13.4 Å². The van der Waals surface area contributed by atoms with Crippen LogP contribution in [0.4, 0.5) is 13.2 Å². The van der Waals surface area contributed by atoms with Gasteiger partial charge in [0.05, 0.1) is 23.1 Å². The Hall–Kier alpha value is -3.17. The quantitative estimate of drug-likeness (QED) is 0.594. The second-order valence-corrected chi connectivity index (χ2v) is 9.33. The molecule has 0 bridgehead atoms. The molecule has 32 heavy (non-hydrogen) atoms. The molecule has 168 valence electrons. The van der Waals surface area contributed by atoms with Gasteiger partial charge in [-0.1, -0.05) is 0 Å². The highest BCUT2D eigenvalue weighted by atomic mass is 32.2. The van der Waals surface area contributed by atoms with Crippen molar-refractivity contribution in [2.24, 2.45) is 0 Å². The number of nitrogens with one attached hydrogen (secondary N) is 1. The lowest BCUT2D eigenvalue weighted by Gasteiger charge is -2.29. The van der Waals surface area contributed by atoms with Gasteiger partial charge >= 0.3 is 6.18 Å². The number of pyridine rings is 2. The van der Waals surface area contributed by atoms with E-state index in [4.69, 9.17) is 0 Å². The molecule has 3 aromatic rings. The van der Waals surface area contributed by atoms with E-state index < -0.39 is 27.1 Å². The Kier molecular flexibility index (Phi) is 5.34. The molecule has 0 aliphatic heterocycles. The topological polar surface area (TPSA) is 121 Å². The minimum atomic E-state index is -4.73. The van der Waals surface area contributed by atoms with E-state index in [2.05, 4.69) is 16.0 Å². The molecule has 3 aromatic heterocycles.